The predicted molar refractivity (Wildman–Crippen MR) is 81.4 cm³/mol. The van der Waals surface area contributed by atoms with Crippen LogP contribution < -0.4 is 5.32 Å². The van der Waals surface area contributed by atoms with Gasteiger partial charge in [-0.05, 0) is 24.3 Å². The van der Waals surface area contributed by atoms with E-state index in [1.54, 1.807) is 30.5 Å². The van der Waals surface area contributed by atoms with E-state index in [-0.39, 0.29) is 11.6 Å². The molecule has 1 aromatic heterocycles. The lowest BCUT2D eigenvalue weighted by Crippen LogP contribution is -1.95. The van der Waals surface area contributed by atoms with Crippen molar-refractivity contribution in [2.75, 3.05) is 5.32 Å². The van der Waals surface area contributed by atoms with Crippen molar-refractivity contribution in [3.63, 3.8) is 0 Å². The summed E-state index contributed by atoms with van der Waals surface area (Å²) in [6.07, 6.45) is 1.67. The highest BCUT2D eigenvalue weighted by Crippen LogP contribution is 2.34. The molecular weight excluding hydrogens is 340 g/mol. The first-order chi connectivity index (χ1) is 10.1. The summed E-state index contributed by atoms with van der Waals surface area (Å²) in [5.41, 5.74) is 1.79. The van der Waals surface area contributed by atoms with Gasteiger partial charge in [-0.1, -0.05) is 34.1 Å². The fraction of sp³-hybridized carbons (Fsp3) is 0. The summed E-state index contributed by atoms with van der Waals surface area (Å²) < 4.78 is 27.5. The molecule has 2 N–H and O–H groups in total. The van der Waals surface area contributed by atoms with E-state index in [1.165, 1.54) is 18.2 Å². The maximum absolute atomic E-state index is 13.7. The Balaban J connectivity index is 2.00. The smallest absolute Gasteiger partial charge is 0.160 e. The third-order valence-electron chi connectivity index (χ3n) is 2.99. The third-order valence-corrected chi connectivity index (χ3v) is 3.64. The average Bonchev–Trinajstić information content (AvgIpc) is 2.89. The molecule has 0 amide bonds. The van der Waals surface area contributed by atoms with Crippen molar-refractivity contribution in [1.29, 1.82) is 0 Å². The summed E-state index contributed by atoms with van der Waals surface area (Å²) in [5.74, 6) is -0.241. The Bertz CT molecular complexity index is 786. The van der Waals surface area contributed by atoms with Gasteiger partial charge in [0.25, 0.3) is 0 Å². The van der Waals surface area contributed by atoms with Crippen molar-refractivity contribution in [3.05, 3.63) is 64.8 Å². The zero-order chi connectivity index (χ0) is 14.8. The van der Waals surface area contributed by atoms with Crippen molar-refractivity contribution in [3.8, 4) is 11.1 Å². The number of rotatable bonds is 3. The van der Waals surface area contributed by atoms with Crippen LogP contribution in [0.5, 0.6) is 0 Å². The van der Waals surface area contributed by atoms with E-state index in [9.17, 15) is 8.78 Å². The van der Waals surface area contributed by atoms with Crippen LogP contribution >= 0.6 is 15.9 Å². The Morgan fingerprint density at radius 1 is 1.05 bits per heavy atom. The van der Waals surface area contributed by atoms with Crippen molar-refractivity contribution >= 4 is 27.4 Å². The molecule has 0 fully saturated rings. The monoisotopic (exact) mass is 349 g/mol. The van der Waals surface area contributed by atoms with Crippen LogP contribution in [0.1, 0.15) is 0 Å². The molecule has 0 atom stereocenters. The topological polar surface area (TPSA) is 40.7 Å². The van der Waals surface area contributed by atoms with E-state index in [0.29, 0.717) is 21.5 Å². The molecule has 0 unspecified atom stereocenters. The van der Waals surface area contributed by atoms with Crippen LogP contribution in [-0.2, 0) is 0 Å². The molecule has 0 saturated carbocycles. The average molecular weight is 350 g/mol. The molecule has 3 rings (SSSR count). The number of H-pyrrole nitrogens is 1. The van der Waals surface area contributed by atoms with Gasteiger partial charge in [0, 0.05) is 21.8 Å². The molecule has 0 aliphatic rings. The number of benzene rings is 2. The standard InChI is InChI=1S/C15H10BrF2N3/c16-12-7-9(17)5-6-10(12)11-8-19-21-15(11)20-14-4-2-1-3-13(14)18/h1-8H,(H2,19,20,21). The molecule has 6 heteroatoms. The Kier molecular flexibility index (Phi) is 3.70. The highest BCUT2D eigenvalue weighted by atomic mass is 79.9. The van der Waals surface area contributed by atoms with E-state index in [1.807, 2.05) is 0 Å². The minimum Gasteiger partial charge on any atom is -0.336 e. The Morgan fingerprint density at radius 2 is 1.86 bits per heavy atom. The molecule has 0 saturated heterocycles. The number of hydrogen-bond acceptors (Lipinski definition) is 2. The second-order valence-corrected chi connectivity index (χ2v) is 5.23. The lowest BCUT2D eigenvalue weighted by atomic mass is 10.1. The molecule has 3 aromatic rings. The number of aromatic nitrogens is 2. The number of halogens is 3. The predicted octanol–water partition coefficient (Wildman–Crippen LogP) is 4.86. The van der Waals surface area contributed by atoms with Gasteiger partial charge in [-0.25, -0.2) is 8.78 Å². The van der Waals surface area contributed by atoms with Crippen molar-refractivity contribution in [2.24, 2.45) is 0 Å². The van der Waals surface area contributed by atoms with Gasteiger partial charge in [-0.2, -0.15) is 5.10 Å². The molecule has 21 heavy (non-hydrogen) atoms. The second-order valence-electron chi connectivity index (χ2n) is 4.38. The highest BCUT2D eigenvalue weighted by Gasteiger charge is 2.13. The molecule has 0 bridgehead atoms. The van der Waals surface area contributed by atoms with Gasteiger partial charge in [0.1, 0.15) is 11.6 Å². The van der Waals surface area contributed by atoms with Gasteiger partial charge in [0.2, 0.25) is 0 Å². The maximum Gasteiger partial charge on any atom is 0.160 e. The van der Waals surface area contributed by atoms with Crippen LogP contribution in [0.4, 0.5) is 20.3 Å². The summed E-state index contributed by atoms with van der Waals surface area (Å²) in [7, 11) is 0. The Morgan fingerprint density at radius 3 is 2.62 bits per heavy atom. The molecular formula is C15H10BrF2N3. The SMILES string of the molecule is Fc1ccc(-c2c[nH]nc2Nc2ccccc2F)c(Br)c1. The number of nitrogens with zero attached hydrogens (tertiary/aromatic N) is 1. The quantitative estimate of drug-likeness (QED) is 0.708. The van der Waals surface area contributed by atoms with Crippen LogP contribution in [0.15, 0.2) is 53.1 Å². The molecule has 0 spiro atoms. The Labute approximate surface area is 128 Å². The summed E-state index contributed by atoms with van der Waals surface area (Å²) in [6, 6.07) is 10.7. The van der Waals surface area contributed by atoms with Gasteiger partial charge in [0.05, 0.1) is 5.69 Å². The summed E-state index contributed by atoms with van der Waals surface area (Å²) in [5, 5.41) is 9.73. The maximum atomic E-state index is 13.7. The summed E-state index contributed by atoms with van der Waals surface area (Å²) in [4.78, 5) is 0. The van der Waals surface area contributed by atoms with Crippen molar-refractivity contribution in [2.45, 2.75) is 0 Å². The van der Waals surface area contributed by atoms with Crippen LogP contribution in [0.25, 0.3) is 11.1 Å². The van der Waals surface area contributed by atoms with Gasteiger partial charge >= 0.3 is 0 Å². The van der Waals surface area contributed by atoms with E-state index in [0.717, 1.165) is 5.56 Å². The van der Waals surface area contributed by atoms with Gasteiger partial charge in [-0.15, -0.1) is 0 Å². The number of aromatic amines is 1. The minimum atomic E-state index is -0.371. The minimum absolute atomic E-state index is 0.323. The lowest BCUT2D eigenvalue weighted by molar-refractivity contribution is 0.627. The second kappa shape index (κ2) is 5.65. The van der Waals surface area contributed by atoms with Crippen molar-refractivity contribution in [1.82, 2.24) is 10.2 Å². The Hall–Kier alpha value is -2.21. The number of hydrogen-bond donors (Lipinski definition) is 2. The fourth-order valence-corrected chi connectivity index (χ4v) is 2.55. The van der Waals surface area contributed by atoms with E-state index >= 15 is 0 Å². The van der Waals surface area contributed by atoms with E-state index < -0.39 is 0 Å². The molecule has 3 nitrogen and oxygen atoms in total. The first-order valence-corrected chi connectivity index (χ1v) is 6.95. The van der Waals surface area contributed by atoms with Crippen LogP contribution in [-0.4, -0.2) is 10.2 Å². The third kappa shape index (κ3) is 2.80. The molecule has 0 aliphatic heterocycles. The lowest BCUT2D eigenvalue weighted by Gasteiger charge is -2.08. The van der Waals surface area contributed by atoms with Crippen LogP contribution in [0.2, 0.25) is 0 Å². The van der Waals surface area contributed by atoms with Gasteiger partial charge in [-0.3, -0.25) is 5.10 Å². The number of nitrogens with one attached hydrogen (secondary N) is 2. The van der Waals surface area contributed by atoms with E-state index in [2.05, 4.69) is 31.4 Å². The summed E-state index contributed by atoms with van der Waals surface area (Å²) >= 11 is 3.32. The first-order valence-electron chi connectivity index (χ1n) is 6.16. The number of anilines is 2. The molecule has 2 aromatic carbocycles. The van der Waals surface area contributed by atoms with Crippen LogP contribution in [0, 0.1) is 11.6 Å². The first kappa shape index (κ1) is 13.8. The van der Waals surface area contributed by atoms with Crippen LogP contribution in [0.3, 0.4) is 0 Å². The normalized spacial score (nSPS) is 10.6. The molecule has 0 radical (unpaired) electrons. The van der Waals surface area contributed by atoms with Gasteiger partial charge in [0.15, 0.2) is 5.82 Å². The number of para-hydroxylation sites is 1. The molecule has 0 aliphatic carbocycles. The zero-order valence-electron chi connectivity index (χ0n) is 10.7. The zero-order valence-corrected chi connectivity index (χ0v) is 12.3. The molecule has 106 valence electrons. The summed E-state index contributed by atoms with van der Waals surface area (Å²) in [6.45, 7) is 0. The fourth-order valence-electron chi connectivity index (χ4n) is 1.99. The van der Waals surface area contributed by atoms with Crippen molar-refractivity contribution < 1.29 is 8.78 Å². The van der Waals surface area contributed by atoms with Gasteiger partial charge < -0.3 is 5.32 Å². The molecule has 1 heterocycles. The van der Waals surface area contributed by atoms with E-state index in [4.69, 9.17) is 0 Å². The highest BCUT2D eigenvalue weighted by molar-refractivity contribution is 9.10. The largest absolute Gasteiger partial charge is 0.336 e.